The summed E-state index contributed by atoms with van der Waals surface area (Å²) in [6.45, 7) is 4.48. The van der Waals surface area contributed by atoms with Crippen molar-refractivity contribution in [3.8, 4) is 39.1 Å². The summed E-state index contributed by atoms with van der Waals surface area (Å²) in [4.78, 5) is 4.92. The van der Waals surface area contributed by atoms with Crippen molar-refractivity contribution < 1.29 is 4.42 Å². The zero-order valence-electron chi connectivity index (χ0n) is 28.5. The van der Waals surface area contributed by atoms with Crippen LogP contribution >= 0.6 is 0 Å². The third kappa shape index (κ3) is 4.49. The third-order valence-corrected chi connectivity index (χ3v) is 10.7. The average molecular weight is 658 g/mol. The van der Waals surface area contributed by atoms with Crippen molar-refractivity contribution in [2.24, 2.45) is 0 Å². The predicted octanol–water partition coefficient (Wildman–Crippen LogP) is 12.2. The van der Waals surface area contributed by atoms with E-state index in [1.165, 1.54) is 33.4 Å². The minimum absolute atomic E-state index is 0.472. The smallest absolute Gasteiger partial charge is 0.143 e. The Morgan fingerprint density at radius 2 is 1.33 bits per heavy atom. The molecule has 7 aromatic carbocycles. The van der Waals surface area contributed by atoms with E-state index in [0.29, 0.717) is 0 Å². The molecule has 0 bridgehead atoms. The molecule has 3 heterocycles. The van der Waals surface area contributed by atoms with E-state index in [1.807, 2.05) is 12.1 Å². The van der Waals surface area contributed by atoms with Crippen LogP contribution in [0.1, 0.15) is 30.8 Å². The predicted molar refractivity (Wildman–Crippen MR) is 211 cm³/mol. The first-order valence-electron chi connectivity index (χ1n) is 17.7. The molecule has 2 aromatic heterocycles. The van der Waals surface area contributed by atoms with E-state index in [9.17, 15) is 0 Å². The highest BCUT2D eigenvalue weighted by molar-refractivity contribution is 6.09. The lowest BCUT2D eigenvalue weighted by molar-refractivity contribution is 0.656. The van der Waals surface area contributed by atoms with Crippen LogP contribution < -0.4 is 5.32 Å². The van der Waals surface area contributed by atoms with Crippen LogP contribution in [0, 0.1) is 0 Å². The van der Waals surface area contributed by atoms with Gasteiger partial charge in [-0.25, -0.2) is 4.98 Å². The Hall–Kier alpha value is -6.39. The molecule has 51 heavy (non-hydrogen) atoms. The number of hydrogen-bond donors (Lipinski definition) is 1. The van der Waals surface area contributed by atoms with E-state index in [-0.39, 0.29) is 0 Å². The molecule has 0 spiro atoms. The Kier molecular flexibility index (Phi) is 6.56. The first-order chi connectivity index (χ1) is 25.1. The Morgan fingerprint density at radius 1 is 0.647 bits per heavy atom. The number of fused-ring (bicyclic) bond motifs is 7. The minimum atomic E-state index is -0.472. The van der Waals surface area contributed by atoms with Gasteiger partial charge in [-0.3, -0.25) is 4.57 Å². The van der Waals surface area contributed by atoms with Gasteiger partial charge in [0.25, 0.3) is 0 Å². The maximum Gasteiger partial charge on any atom is 0.143 e. The molecule has 1 atom stereocenters. The van der Waals surface area contributed by atoms with Crippen molar-refractivity contribution in [3.05, 3.63) is 175 Å². The van der Waals surface area contributed by atoms with Crippen molar-refractivity contribution in [1.82, 2.24) is 9.55 Å². The van der Waals surface area contributed by atoms with Gasteiger partial charge in [0, 0.05) is 39.7 Å². The monoisotopic (exact) mass is 657 g/mol. The number of aryl methyl sites for hydroxylation is 1. The summed E-state index contributed by atoms with van der Waals surface area (Å²) in [6.07, 6.45) is 0.858. The van der Waals surface area contributed by atoms with Crippen LogP contribution in [0.5, 0.6) is 0 Å². The van der Waals surface area contributed by atoms with E-state index >= 15 is 0 Å². The Labute approximate surface area is 296 Å². The molecule has 0 fully saturated rings. The highest BCUT2D eigenvalue weighted by Gasteiger charge is 2.37. The van der Waals surface area contributed by atoms with Gasteiger partial charge in [0.05, 0.1) is 16.6 Å². The molecular formula is C47H35N3O. The van der Waals surface area contributed by atoms with Gasteiger partial charge in [0.1, 0.15) is 17.0 Å². The lowest BCUT2D eigenvalue weighted by Crippen LogP contribution is -2.36. The number of nitrogens with zero attached hydrogens (tertiary/aromatic N) is 2. The van der Waals surface area contributed by atoms with Gasteiger partial charge in [0.2, 0.25) is 0 Å². The molecule has 1 aliphatic heterocycles. The molecule has 0 radical (unpaired) electrons. The number of anilines is 1. The molecule has 1 unspecified atom stereocenters. The fourth-order valence-corrected chi connectivity index (χ4v) is 8.25. The highest BCUT2D eigenvalue weighted by atomic mass is 16.3. The zero-order chi connectivity index (χ0) is 34.1. The van der Waals surface area contributed by atoms with Crippen LogP contribution in [0.2, 0.25) is 0 Å². The fourth-order valence-electron chi connectivity index (χ4n) is 8.25. The van der Waals surface area contributed by atoms with Crippen molar-refractivity contribution in [3.63, 3.8) is 0 Å². The second kappa shape index (κ2) is 11.3. The second-order valence-electron chi connectivity index (χ2n) is 13.6. The van der Waals surface area contributed by atoms with Crippen LogP contribution in [0.3, 0.4) is 0 Å². The zero-order valence-corrected chi connectivity index (χ0v) is 28.5. The lowest BCUT2D eigenvalue weighted by Gasteiger charge is -2.40. The summed E-state index contributed by atoms with van der Waals surface area (Å²) in [7, 11) is 0. The Morgan fingerprint density at radius 3 is 2.22 bits per heavy atom. The molecule has 0 saturated carbocycles. The SMILES string of the molecule is CCc1nc2ccccc2n1-c1ccc(C2(C)Nc3ccccc3-c3c(-c4cccc(-c5cccc6c5oc5ccccc56)c4)cccc32)cc1. The maximum atomic E-state index is 6.45. The van der Waals surface area contributed by atoms with Gasteiger partial charge in [-0.15, -0.1) is 0 Å². The van der Waals surface area contributed by atoms with Crippen molar-refractivity contribution >= 4 is 38.7 Å². The normalized spacial score (nSPS) is 15.2. The molecule has 0 aliphatic carbocycles. The number of nitrogens with one attached hydrogen (secondary N) is 1. The highest BCUT2D eigenvalue weighted by Crippen LogP contribution is 2.50. The van der Waals surface area contributed by atoms with Gasteiger partial charge in [-0.2, -0.15) is 0 Å². The van der Waals surface area contributed by atoms with E-state index in [4.69, 9.17) is 9.40 Å². The third-order valence-electron chi connectivity index (χ3n) is 10.7. The van der Waals surface area contributed by atoms with Crippen LogP contribution in [0.15, 0.2) is 162 Å². The first-order valence-corrected chi connectivity index (χ1v) is 17.7. The summed E-state index contributed by atoms with van der Waals surface area (Å²) in [6, 6.07) is 56.5. The van der Waals surface area contributed by atoms with Gasteiger partial charge in [-0.05, 0) is 82.8 Å². The van der Waals surface area contributed by atoms with Crippen LogP contribution in [-0.2, 0) is 12.0 Å². The number of para-hydroxylation sites is 5. The van der Waals surface area contributed by atoms with Crippen molar-refractivity contribution in [2.75, 3.05) is 5.32 Å². The lowest BCUT2D eigenvalue weighted by atomic mass is 9.74. The largest absolute Gasteiger partial charge is 0.455 e. The fraction of sp³-hybridized carbons (Fsp3) is 0.0851. The van der Waals surface area contributed by atoms with Crippen LogP contribution in [0.25, 0.3) is 72.0 Å². The molecule has 0 saturated heterocycles. The quantitative estimate of drug-likeness (QED) is 0.200. The molecule has 4 heteroatoms. The average Bonchev–Trinajstić information content (AvgIpc) is 3.76. The van der Waals surface area contributed by atoms with E-state index < -0.39 is 5.54 Å². The topological polar surface area (TPSA) is 43.0 Å². The number of imidazole rings is 1. The number of furan rings is 1. The second-order valence-corrected chi connectivity index (χ2v) is 13.6. The molecule has 9 aromatic rings. The molecule has 10 rings (SSSR count). The summed E-state index contributed by atoms with van der Waals surface area (Å²) in [5.41, 5.74) is 15.3. The molecule has 0 amide bonds. The van der Waals surface area contributed by atoms with Gasteiger partial charge in [-0.1, -0.05) is 122 Å². The van der Waals surface area contributed by atoms with Crippen LogP contribution in [-0.4, -0.2) is 9.55 Å². The number of rotatable bonds is 5. The maximum absolute atomic E-state index is 6.45. The summed E-state index contributed by atoms with van der Waals surface area (Å²) in [5.74, 6) is 1.06. The summed E-state index contributed by atoms with van der Waals surface area (Å²) >= 11 is 0. The van der Waals surface area contributed by atoms with Crippen molar-refractivity contribution in [2.45, 2.75) is 25.8 Å². The van der Waals surface area contributed by atoms with Gasteiger partial charge >= 0.3 is 0 Å². The van der Waals surface area contributed by atoms with E-state index in [0.717, 1.165) is 67.7 Å². The number of aromatic nitrogens is 2. The molecule has 1 aliphatic rings. The van der Waals surface area contributed by atoms with E-state index in [2.05, 4.69) is 169 Å². The molecule has 4 nitrogen and oxygen atoms in total. The molecule has 1 N–H and O–H groups in total. The van der Waals surface area contributed by atoms with Crippen molar-refractivity contribution in [1.29, 1.82) is 0 Å². The number of hydrogen-bond acceptors (Lipinski definition) is 3. The van der Waals surface area contributed by atoms with E-state index in [1.54, 1.807) is 0 Å². The van der Waals surface area contributed by atoms with Gasteiger partial charge < -0.3 is 9.73 Å². The minimum Gasteiger partial charge on any atom is -0.455 e. The van der Waals surface area contributed by atoms with Crippen LogP contribution in [0.4, 0.5) is 5.69 Å². The number of benzene rings is 7. The summed E-state index contributed by atoms with van der Waals surface area (Å²) in [5, 5.41) is 6.25. The van der Waals surface area contributed by atoms with Gasteiger partial charge in [0.15, 0.2) is 0 Å². The molecule has 244 valence electrons. The standard InChI is InChI=1S/C47H35N3O/c1-3-44-48-41-22-7-8-23-42(41)50(44)33-27-25-32(26-28-33)47(2)39-20-12-17-34(45(39)38-16-4-6-21-40(38)49-47)30-13-10-14-31(29-30)35-18-11-19-37-36-15-5-9-24-43(36)51-46(35)37/h4-29,49H,3H2,1-2H3. The Bertz CT molecular complexity index is 2790. The summed E-state index contributed by atoms with van der Waals surface area (Å²) < 4.78 is 8.74. The molecular weight excluding hydrogens is 623 g/mol. The Balaban J connectivity index is 1.11. The first kappa shape index (κ1) is 29.5.